The SMILES string of the molecule is CC[C@H]1CN(C(=O)c2cc(=O)c3ccccc3o2)CC[C@@]1(C)O. The lowest BCUT2D eigenvalue weighted by Crippen LogP contribution is -2.51. The van der Waals surface area contributed by atoms with E-state index in [0.29, 0.717) is 30.5 Å². The lowest BCUT2D eigenvalue weighted by atomic mass is 9.81. The van der Waals surface area contributed by atoms with Crippen LogP contribution < -0.4 is 5.43 Å². The van der Waals surface area contributed by atoms with Crippen molar-refractivity contribution in [2.24, 2.45) is 5.92 Å². The van der Waals surface area contributed by atoms with Gasteiger partial charge in [-0.15, -0.1) is 0 Å². The molecule has 122 valence electrons. The quantitative estimate of drug-likeness (QED) is 0.924. The van der Waals surface area contributed by atoms with Crippen LogP contribution in [0.25, 0.3) is 11.0 Å². The van der Waals surface area contributed by atoms with Gasteiger partial charge in [0.15, 0.2) is 11.2 Å². The molecule has 0 spiro atoms. The average Bonchev–Trinajstić information content (AvgIpc) is 2.54. The first kappa shape index (κ1) is 15.7. The zero-order valence-electron chi connectivity index (χ0n) is 13.4. The number of hydrogen-bond acceptors (Lipinski definition) is 4. The van der Waals surface area contributed by atoms with Gasteiger partial charge >= 0.3 is 0 Å². The molecule has 0 aliphatic carbocycles. The maximum Gasteiger partial charge on any atom is 0.289 e. The Balaban J connectivity index is 1.90. The fourth-order valence-electron chi connectivity index (χ4n) is 3.24. The van der Waals surface area contributed by atoms with Gasteiger partial charge in [-0.3, -0.25) is 9.59 Å². The predicted octanol–water partition coefficient (Wildman–Crippen LogP) is 2.42. The number of aliphatic hydroxyl groups is 1. The first-order valence-electron chi connectivity index (χ1n) is 7.97. The molecule has 1 aromatic heterocycles. The van der Waals surface area contributed by atoms with Crippen molar-refractivity contribution in [3.63, 3.8) is 0 Å². The van der Waals surface area contributed by atoms with Gasteiger partial charge in [0.25, 0.3) is 5.91 Å². The summed E-state index contributed by atoms with van der Waals surface area (Å²) in [5.74, 6) is -0.209. The van der Waals surface area contributed by atoms with Gasteiger partial charge in [-0.05, 0) is 31.9 Å². The van der Waals surface area contributed by atoms with Crippen LogP contribution in [-0.2, 0) is 0 Å². The molecule has 1 aliphatic rings. The monoisotopic (exact) mass is 315 g/mol. The molecule has 1 aliphatic heterocycles. The van der Waals surface area contributed by atoms with Gasteiger partial charge in [0.1, 0.15) is 5.58 Å². The summed E-state index contributed by atoms with van der Waals surface area (Å²) >= 11 is 0. The molecule has 5 heteroatoms. The highest BCUT2D eigenvalue weighted by molar-refractivity contribution is 5.93. The molecule has 1 saturated heterocycles. The lowest BCUT2D eigenvalue weighted by Gasteiger charge is -2.42. The molecule has 0 radical (unpaired) electrons. The van der Waals surface area contributed by atoms with E-state index >= 15 is 0 Å². The number of likely N-dealkylation sites (tertiary alicyclic amines) is 1. The van der Waals surface area contributed by atoms with Crippen LogP contribution in [0.15, 0.2) is 39.5 Å². The number of carbonyl (C=O) groups excluding carboxylic acids is 1. The summed E-state index contributed by atoms with van der Waals surface area (Å²) in [6.07, 6.45) is 1.31. The van der Waals surface area contributed by atoms with E-state index in [4.69, 9.17) is 4.42 Å². The first-order chi connectivity index (χ1) is 10.9. The zero-order valence-corrected chi connectivity index (χ0v) is 13.4. The summed E-state index contributed by atoms with van der Waals surface area (Å²) in [5.41, 5.74) is -0.555. The van der Waals surface area contributed by atoms with Crippen LogP contribution in [0.2, 0.25) is 0 Å². The van der Waals surface area contributed by atoms with Crippen molar-refractivity contribution in [1.29, 1.82) is 0 Å². The smallest absolute Gasteiger partial charge is 0.289 e. The second kappa shape index (κ2) is 5.81. The normalized spacial score (nSPS) is 24.8. The summed E-state index contributed by atoms with van der Waals surface area (Å²) in [7, 11) is 0. The standard InChI is InChI=1S/C18H21NO4/c1-3-12-11-19(9-8-18(12,2)22)17(21)16-10-14(20)13-6-4-5-7-15(13)23-16/h4-7,10,12,22H,3,8-9,11H2,1-2H3/t12-,18+/m0/s1. The van der Waals surface area contributed by atoms with Crippen LogP contribution in [0.3, 0.4) is 0 Å². The molecule has 0 saturated carbocycles. The highest BCUT2D eigenvalue weighted by atomic mass is 16.3. The average molecular weight is 315 g/mol. The summed E-state index contributed by atoms with van der Waals surface area (Å²) in [4.78, 5) is 26.5. The van der Waals surface area contributed by atoms with Crippen LogP contribution in [0.4, 0.5) is 0 Å². The van der Waals surface area contributed by atoms with E-state index < -0.39 is 5.60 Å². The number of hydrogen-bond donors (Lipinski definition) is 1. The van der Waals surface area contributed by atoms with Crippen molar-refractivity contribution in [3.8, 4) is 0 Å². The Hall–Kier alpha value is -2.14. The molecule has 1 amide bonds. The molecule has 0 bridgehead atoms. The van der Waals surface area contributed by atoms with E-state index in [2.05, 4.69) is 0 Å². The topological polar surface area (TPSA) is 70.8 Å². The second-order valence-electron chi connectivity index (χ2n) is 6.43. The highest BCUT2D eigenvalue weighted by Crippen LogP contribution is 2.30. The Kier molecular flexibility index (Phi) is 3.98. The number of benzene rings is 1. The Labute approximate surface area is 134 Å². The fourth-order valence-corrected chi connectivity index (χ4v) is 3.24. The number of piperidine rings is 1. The molecule has 2 heterocycles. The van der Waals surface area contributed by atoms with Gasteiger partial charge in [-0.1, -0.05) is 19.1 Å². The summed E-state index contributed by atoms with van der Waals surface area (Å²) in [6, 6.07) is 8.16. The van der Waals surface area contributed by atoms with E-state index in [9.17, 15) is 14.7 Å². The zero-order chi connectivity index (χ0) is 16.6. The molecule has 3 rings (SSSR count). The maximum atomic E-state index is 12.7. The van der Waals surface area contributed by atoms with Crippen LogP contribution >= 0.6 is 0 Å². The minimum absolute atomic E-state index is 0.0207. The minimum Gasteiger partial charge on any atom is -0.451 e. The van der Waals surface area contributed by atoms with Crippen LogP contribution in [0.5, 0.6) is 0 Å². The second-order valence-corrected chi connectivity index (χ2v) is 6.43. The number of amides is 1. The molecule has 1 aromatic carbocycles. The molecule has 2 atom stereocenters. The third kappa shape index (κ3) is 2.88. The van der Waals surface area contributed by atoms with Crippen molar-refractivity contribution in [2.45, 2.75) is 32.3 Å². The fraction of sp³-hybridized carbons (Fsp3) is 0.444. The number of fused-ring (bicyclic) bond motifs is 1. The van der Waals surface area contributed by atoms with E-state index in [0.717, 1.165) is 6.42 Å². The molecular weight excluding hydrogens is 294 g/mol. The van der Waals surface area contributed by atoms with E-state index in [1.807, 2.05) is 13.8 Å². The number of carbonyl (C=O) groups is 1. The van der Waals surface area contributed by atoms with Gasteiger partial charge in [-0.2, -0.15) is 0 Å². The van der Waals surface area contributed by atoms with Crippen LogP contribution in [-0.4, -0.2) is 34.6 Å². The van der Waals surface area contributed by atoms with E-state index in [-0.39, 0.29) is 23.0 Å². The Bertz CT molecular complexity index is 793. The predicted molar refractivity (Wildman–Crippen MR) is 87.4 cm³/mol. The molecule has 2 aromatic rings. The third-order valence-corrected chi connectivity index (χ3v) is 4.83. The van der Waals surface area contributed by atoms with Crippen molar-refractivity contribution in [2.75, 3.05) is 13.1 Å². The highest BCUT2D eigenvalue weighted by Gasteiger charge is 2.38. The molecule has 1 fully saturated rings. The van der Waals surface area contributed by atoms with Crippen LogP contribution in [0, 0.1) is 5.92 Å². The van der Waals surface area contributed by atoms with Crippen LogP contribution in [0.1, 0.15) is 37.2 Å². The molecule has 5 nitrogen and oxygen atoms in total. The van der Waals surface area contributed by atoms with Crippen molar-refractivity contribution in [3.05, 3.63) is 46.3 Å². The molecule has 1 N–H and O–H groups in total. The maximum absolute atomic E-state index is 12.7. The third-order valence-electron chi connectivity index (χ3n) is 4.83. The van der Waals surface area contributed by atoms with Crippen molar-refractivity contribution >= 4 is 16.9 Å². The number of rotatable bonds is 2. The Morgan fingerprint density at radius 1 is 1.43 bits per heavy atom. The van der Waals surface area contributed by atoms with E-state index in [1.165, 1.54) is 6.07 Å². The van der Waals surface area contributed by atoms with Gasteiger partial charge in [0.05, 0.1) is 11.0 Å². The van der Waals surface area contributed by atoms with Gasteiger partial charge < -0.3 is 14.4 Å². The summed E-state index contributed by atoms with van der Waals surface area (Å²) < 4.78 is 5.62. The lowest BCUT2D eigenvalue weighted by molar-refractivity contribution is -0.0526. The molecule has 0 unspecified atom stereocenters. The van der Waals surface area contributed by atoms with Crippen molar-refractivity contribution < 1.29 is 14.3 Å². The summed E-state index contributed by atoms with van der Waals surface area (Å²) in [5, 5.41) is 10.8. The largest absolute Gasteiger partial charge is 0.451 e. The van der Waals surface area contributed by atoms with Crippen molar-refractivity contribution in [1.82, 2.24) is 4.90 Å². The van der Waals surface area contributed by atoms with E-state index in [1.54, 1.807) is 29.2 Å². The van der Waals surface area contributed by atoms with Gasteiger partial charge in [0.2, 0.25) is 0 Å². The minimum atomic E-state index is -0.754. The number of para-hydroxylation sites is 1. The summed E-state index contributed by atoms with van der Waals surface area (Å²) in [6.45, 7) is 4.75. The Morgan fingerprint density at radius 2 is 2.17 bits per heavy atom. The molecular formula is C18H21NO4. The molecule has 23 heavy (non-hydrogen) atoms. The Morgan fingerprint density at radius 3 is 2.91 bits per heavy atom. The van der Waals surface area contributed by atoms with Gasteiger partial charge in [-0.25, -0.2) is 0 Å². The van der Waals surface area contributed by atoms with Gasteiger partial charge in [0, 0.05) is 25.1 Å². The first-order valence-corrected chi connectivity index (χ1v) is 7.97. The number of nitrogens with zero attached hydrogens (tertiary/aromatic N) is 1.